The van der Waals surface area contributed by atoms with Gasteiger partial charge in [-0.3, -0.25) is 4.79 Å². The Hall–Kier alpha value is -1.63. The maximum Gasteiger partial charge on any atom is 0.318 e. The molecule has 0 aliphatic heterocycles. The highest BCUT2D eigenvalue weighted by molar-refractivity contribution is 5.78. The van der Waals surface area contributed by atoms with Gasteiger partial charge in [0.05, 0.1) is 6.54 Å². The zero-order valence-electron chi connectivity index (χ0n) is 11.7. The van der Waals surface area contributed by atoms with Crippen LogP contribution in [0.4, 0.5) is 6.01 Å². The van der Waals surface area contributed by atoms with Crippen LogP contribution in [0.3, 0.4) is 0 Å². The molecular formula is C12H23N5O2. The average Bonchev–Trinajstić information content (AvgIpc) is 2.83. The highest BCUT2D eigenvalue weighted by atomic mass is 16.4. The van der Waals surface area contributed by atoms with Gasteiger partial charge in [-0.1, -0.05) is 25.4 Å². The normalized spacial score (nSPS) is 10.6. The van der Waals surface area contributed by atoms with Crippen molar-refractivity contribution in [3.8, 4) is 0 Å². The van der Waals surface area contributed by atoms with Crippen LogP contribution in [-0.2, 0) is 11.3 Å². The lowest BCUT2D eigenvalue weighted by molar-refractivity contribution is -0.116. The summed E-state index contributed by atoms with van der Waals surface area (Å²) >= 11 is 0. The van der Waals surface area contributed by atoms with Crippen molar-refractivity contribution in [1.82, 2.24) is 15.5 Å². The van der Waals surface area contributed by atoms with E-state index in [1.54, 1.807) is 4.90 Å². The number of hydrogen-bond donors (Lipinski definition) is 2. The predicted octanol–water partition coefficient (Wildman–Crippen LogP) is 0.661. The Morgan fingerprint density at radius 3 is 2.79 bits per heavy atom. The van der Waals surface area contributed by atoms with Crippen molar-refractivity contribution in [2.75, 3.05) is 24.5 Å². The Labute approximate surface area is 113 Å². The lowest BCUT2D eigenvalue weighted by Crippen LogP contribution is -2.34. The first-order valence-corrected chi connectivity index (χ1v) is 6.73. The second-order valence-corrected chi connectivity index (χ2v) is 4.40. The Morgan fingerprint density at radius 2 is 2.16 bits per heavy atom. The van der Waals surface area contributed by atoms with Gasteiger partial charge in [0.1, 0.15) is 6.54 Å². The Balaban J connectivity index is 2.59. The maximum atomic E-state index is 11.0. The number of unbranched alkanes of at least 4 members (excludes halogenated alkanes) is 1. The highest BCUT2D eigenvalue weighted by Gasteiger charge is 2.15. The molecule has 0 spiro atoms. The smallest absolute Gasteiger partial charge is 0.318 e. The molecule has 0 atom stereocenters. The molecule has 108 valence electrons. The second kappa shape index (κ2) is 8.47. The molecule has 0 aliphatic carbocycles. The molecule has 1 rings (SSSR count). The molecule has 0 saturated carbocycles. The molecule has 0 unspecified atom stereocenters. The number of hydrogen-bond acceptors (Lipinski definition) is 6. The lowest BCUT2D eigenvalue weighted by Gasteiger charge is -2.17. The van der Waals surface area contributed by atoms with Crippen LogP contribution in [-0.4, -0.2) is 35.7 Å². The van der Waals surface area contributed by atoms with Crippen LogP contribution in [0.15, 0.2) is 4.42 Å². The SMILES string of the molecule is CCCCN(CC(N)=O)c1nnc(CNCCC)o1. The molecule has 0 bridgehead atoms. The minimum Gasteiger partial charge on any atom is -0.407 e. The summed E-state index contributed by atoms with van der Waals surface area (Å²) in [5.74, 6) is 0.120. The molecule has 0 saturated heterocycles. The lowest BCUT2D eigenvalue weighted by atomic mass is 10.3. The zero-order valence-corrected chi connectivity index (χ0v) is 11.7. The van der Waals surface area contributed by atoms with E-state index >= 15 is 0 Å². The van der Waals surface area contributed by atoms with Crippen molar-refractivity contribution in [2.45, 2.75) is 39.7 Å². The van der Waals surface area contributed by atoms with Crippen LogP contribution in [0.5, 0.6) is 0 Å². The van der Waals surface area contributed by atoms with Crippen molar-refractivity contribution in [3.05, 3.63) is 5.89 Å². The first kappa shape index (κ1) is 15.4. The third-order valence-corrected chi connectivity index (χ3v) is 2.56. The molecule has 0 fully saturated rings. The standard InChI is InChI=1S/C12H23N5O2/c1-3-5-7-17(9-10(13)18)12-16-15-11(19-12)8-14-6-4-2/h14H,3-9H2,1-2H3,(H2,13,18). The van der Waals surface area contributed by atoms with Gasteiger partial charge in [-0.2, -0.15) is 0 Å². The fourth-order valence-electron chi connectivity index (χ4n) is 1.60. The van der Waals surface area contributed by atoms with Gasteiger partial charge in [0.2, 0.25) is 11.8 Å². The molecule has 1 aromatic heterocycles. The van der Waals surface area contributed by atoms with Gasteiger partial charge < -0.3 is 20.4 Å². The minimum atomic E-state index is -0.403. The summed E-state index contributed by atoms with van der Waals surface area (Å²) in [6.07, 6.45) is 3.01. The Morgan fingerprint density at radius 1 is 1.37 bits per heavy atom. The van der Waals surface area contributed by atoms with Crippen molar-refractivity contribution in [3.63, 3.8) is 0 Å². The number of aromatic nitrogens is 2. The number of nitrogens with zero attached hydrogens (tertiary/aromatic N) is 3. The molecule has 19 heavy (non-hydrogen) atoms. The van der Waals surface area contributed by atoms with E-state index in [9.17, 15) is 4.79 Å². The number of nitrogens with one attached hydrogen (secondary N) is 1. The fourth-order valence-corrected chi connectivity index (χ4v) is 1.60. The minimum absolute atomic E-state index is 0.101. The first-order chi connectivity index (χ1) is 9.17. The van der Waals surface area contributed by atoms with Gasteiger partial charge in [-0.05, 0) is 19.4 Å². The van der Waals surface area contributed by atoms with Gasteiger partial charge in [0, 0.05) is 6.54 Å². The molecule has 0 aliphatic rings. The Kier molecular flexibility index (Phi) is 6.88. The summed E-state index contributed by atoms with van der Waals surface area (Å²) in [5.41, 5.74) is 5.22. The third kappa shape index (κ3) is 5.69. The van der Waals surface area contributed by atoms with E-state index in [2.05, 4.69) is 29.4 Å². The maximum absolute atomic E-state index is 11.0. The Bertz CT molecular complexity index is 380. The van der Waals surface area contributed by atoms with E-state index in [0.717, 1.165) is 25.8 Å². The summed E-state index contributed by atoms with van der Waals surface area (Å²) in [6.45, 7) is 6.40. The van der Waals surface area contributed by atoms with E-state index < -0.39 is 5.91 Å². The van der Waals surface area contributed by atoms with E-state index in [1.807, 2.05) is 0 Å². The number of amides is 1. The van der Waals surface area contributed by atoms with Crippen LogP contribution < -0.4 is 16.0 Å². The first-order valence-electron chi connectivity index (χ1n) is 6.73. The molecular weight excluding hydrogens is 246 g/mol. The number of nitrogens with two attached hydrogens (primary N) is 1. The van der Waals surface area contributed by atoms with Gasteiger partial charge in [0.15, 0.2) is 0 Å². The van der Waals surface area contributed by atoms with Crippen molar-refractivity contribution in [2.24, 2.45) is 5.73 Å². The van der Waals surface area contributed by atoms with Gasteiger partial charge in [0.25, 0.3) is 0 Å². The summed E-state index contributed by atoms with van der Waals surface area (Å²) in [6, 6.07) is 0.362. The summed E-state index contributed by atoms with van der Waals surface area (Å²) < 4.78 is 5.52. The molecule has 1 aromatic rings. The van der Waals surface area contributed by atoms with Crippen molar-refractivity contribution >= 4 is 11.9 Å². The van der Waals surface area contributed by atoms with Crippen LogP contribution in [0, 0.1) is 0 Å². The second-order valence-electron chi connectivity index (χ2n) is 4.40. The third-order valence-electron chi connectivity index (χ3n) is 2.56. The summed E-state index contributed by atoms with van der Waals surface area (Å²) in [4.78, 5) is 12.8. The monoisotopic (exact) mass is 269 g/mol. The number of carbonyl (C=O) groups excluding carboxylic acids is 1. The molecule has 1 heterocycles. The summed E-state index contributed by atoms with van der Waals surface area (Å²) in [7, 11) is 0. The van der Waals surface area contributed by atoms with E-state index in [0.29, 0.717) is 25.0 Å². The molecule has 7 heteroatoms. The van der Waals surface area contributed by atoms with E-state index in [1.165, 1.54) is 0 Å². The van der Waals surface area contributed by atoms with Crippen LogP contribution in [0.2, 0.25) is 0 Å². The zero-order chi connectivity index (χ0) is 14.1. The van der Waals surface area contributed by atoms with E-state index in [4.69, 9.17) is 10.2 Å². The molecule has 0 radical (unpaired) electrons. The van der Waals surface area contributed by atoms with Gasteiger partial charge in [-0.15, -0.1) is 5.10 Å². The number of rotatable bonds is 10. The van der Waals surface area contributed by atoms with Crippen LogP contribution in [0.25, 0.3) is 0 Å². The largest absolute Gasteiger partial charge is 0.407 e. The number of anilines is 1. The summed E-state index contributed by atoms with van der Waals surface area (Å²) in [5, 5.41) is 11.1. The van der Waals surface area contributed by atoms with Crippen molar-refractivity contribution in [1.29, 1.82) is 0 Å². The fraction of sp³-hybridized carbons (Fsp3) is 0.750. The highest BCUT2D eigenvalue weighted by Crippen LogP contribution is 2.12. The molecule has 7 nitrogen and oxygen atoms in total. The topological polar surface area (TPSA) is 97.3 Å². The van der Waals surface area contributed by atoms with Crippen LogP contribution in [0.1, 0.15) is 39.0 Å². The van der Waals surface area contributed by atoms with Crippen molar-refractivity contribution < 1.29 is 9.21 Å². The predicted molar refractivity (Wildman–Crippen MR) is 72.6 cm³/mol. The molecule has 3 N–H and O–H groups in total. The van der Waals surface area contributed by atoms with Crippen LogP contribution >= 0.6 is 0 Å². The number of carbonyl (C=O) groups is 1. The van der Waals surface area contributed by atoms with Gasteiger partial charge >= 0.3 is 6.01 Å². The van der Waals surface area contributed by atoms with Gasteiger partial charge in [-0.25, -0.2) is 0 Å². The quantitative estimate of drug-likeness (QED) is 0.606. The van der Waals surface area contributed by atoms with E-state index in [-0.39, 0.29) is 6.54 Å². The molecule has 1 amide bonds. The number of primary amides is 1. The molecule has 0 aromatic carbocycles. The average molecular weight is 269 g/mol.